The van der Waals surface area contributed by atoms with Gasteiger partial charge in [0.25, 0.3) is 0 Å². The maximum atomic E-state index is 6.79. The third kappa shape index (κ3) is 4.76. The first-order chi connectivity index (χ1) is 17.5. The van der Waals surface area contributed by atoms with Crippen molar-refractivity contribution in [1.82, 2.24) is 19.7 Å². The lowest BCUT2D eigenvalue weighted by atomic mass is 10.0. The Morgan fingerprint density at radius 2 is 2.00 bits per heavy atom. The van der Waals surface area contributed by atoms with E-state index in [9.17, 15) is 0 Å². The number of rotatable bonds is 8. The minimum absolute atomic E-state index is 0.250. The lowest BCUT2D eigenvalue weighted by molar-refractivity contribution is 0.195. The van der Waals surface area contributed by atoms with Crippen molar-refractivity contribution >= 4 is 34.0 Å². The molecule has 0 amide bonds. The molecule has 0 spiro atoms. The summed E-state index contributed by atoms with van der Waals surface area (Å²) in [5, 5.41) is 13.6. The molecule has 1 atom stereocenters. The van der Waals surface area contributed by atoms with Crippen LogP contribution in [0.15, 0.2) is 36.8 Å². The Morgan fingerprint density at radius 3 is 2.69 bits per heavy atom. The number of nitrogens with one attached hydrogen (secondary N) is 2. The number of hydrogen-bond acceptors (Lipinski definition) is 8. The molecule has 1 aliphatic rings. The fraction of sp³-hybridized carbons (Fsp3) is 0.346. The van der Waals surface area contributed by atoms with Crippen molar-refractivity contribution in [3.8, 4) is 22.8 Å². The molecule has 0 radical (unpaired) electrons. The zero-order valence-electron chi connectivity index (χ0n) is 20.8. The third-order valence-electron chi connectivity index (χ3n) is 6.35. The molecular weight excluding hydrogens is 480 g/mol. The number of nitrogens with zero attached hydrogens (tertiary/aromatic N) is 4. The molecule has 188 valence electrons. The molecule has 4 heterocycles. The number of benzene rings is 1. The number of aryl methyl sites for hydroxylation is 1. The molecule has 0 aliphatic carbocycles. The summed E-state index contributed by atoms with van der Waals surface area (Å²) in [7, 11) is 5.11. The van der Waals surface area contributed by atoms with E-state index in [0.29, 0.717) is 35.4 Å². The van der Waals surface area contributed by atoms with Crippen LogP contribution < -0.4 is 20.1 Å². The molecule has 10 heteroatoms. The van der Waals surface area contributed by atoms with Crippen LogP contribution in [0.2, 0.25) is 5.02 Å². The third-order valence-corrected chi connectivity index (χ3v) is 6.73. The molecule has 1 aromatic carbocycles. The average molecular weight is 509 g/mol. The van der Waals surface area contributed by atoms with Gasteiger partial charge in [0.15, 0.2) is 0 Å². The fourth-order valence-corrected chi connectivity index (χ4v) is 4.83. The lowest BCUT2D eigenvalue weighted by Gasteiger charge is -2.18. The number of pyridine rings is 2. The second kappa shape index (κ2) is 10.2. The number of aromatic nitrogens is 4. The van der Waals surface area contributed by atoms with Crippen LogP contribution in [0.3, 0.4) is 0 Å². The van der Waals surface area contributed by atoms with Crippen molar-refractivity contribution in [2.75, 3.05) is 38.1 Å². The molecule has 1 fully saturated rings. The van der Waals surface area contributed by atoms with Gasteiger partial charge >= 0.3 is 0 Å². The maximum Gasteiger partial charge on any atom is 0.141 e. The number of anilines is 2. The summed E-state index contributed by atoms with van der Waals surface area (Å²) in [5.41, 5.74) is 3.37. The van der Waals surface area contributed by atoms with E-state index in [2.05, 4.69) is 20.7 Å². The standard InChI is InChI=1S/C26H29ClN6O3/c1-15-21(34-3)9-22(35-4)25(27)24(15)20-7-17-12-28-23(31-18-5-6-36-14-18)8-19(17)26(32-20)29-10-16-11-30-33(2)13-16/h7-9,11-13,18H,5-6,10,14H2,1-4H3,(H,28,31)(H,29,32). The molecule has 1 unspecified atom stereocenters. The normalized spacial score (nSPS) is 15.3. The van der Waals surface area contributed by atoms with E-state index < -0.39 is 0 Å². The summed E-state index contributed by atoms with van der Waals surface area (Å²) in [6.45, 7) is 3.97. The molecule has 9 nitrogen and oxygen atoms in total. The average Bonchev–Trinajstić information content (AvgIpc) is 3.54. The van der Waals surface area contributed by atoms with Gasteiger partial charge in [0.05, 0.1) is 43.8 Å². The smallest absolute Gasteiger partial charge is 0.141 e. The monoisotopic (exact) mass is 508 g/mol. The fourth-order valence-electron chi connectivity index (χ4n) is 4.46. The molecule has 1 aliphatic heterocycles. The number of ether oxygens (including phenoxy) is 3. The van der Waals surface area contributed by atoms with Crippen molar-refractivity contribution < 1.29 is 14.2 Å². The highest BCUT2D eigenvalue weighted by atomic mass is 35.5. The van der Waals surface area contributed by atoms with Crippen molar-refractivity contribution in [1.29, 1.82) is 0 Å². The van der Waals surface area contributed by atoms with Gasteiger partial charge in [0, 0.05) is 66.1 Å². The number of hydrogen-bond donors (Lipinski definition) is 2. The molecule has 4 aromatic rings. The number of fused-ring (bicyclic) bond motifs is 1. The first-order valence-electron chi connectivity index (χ1n) is 11.7. The van der Waals surface area contributed by atoms with E-state index in [-0.39, 0.29) is 6.04 Å². The van der Waals surface area contributed by atoms with Gasteiger partial charge in [-0.15, -0.1) is 0 Å². The predicted octanol–water partition coefficient (Wildman–Crippen LogP) is 4.82. The summed E-state index contributed by atoms with van der Waals surface area (Å²) in [6, 6.07) is 6.06. The van der Waals surface area contributed by atoms with E-state index >= 15 is 0 Å². The summed E-state index contributed by atoms with van der Waals surface area (Å²) < 4.78 is 18.4. The Hall–Kier alpha value is -3.56. The summed E-state index contributed by atoms with van der Waals surface area (Å²) in [5.74, 6) is 2.71. The topological polar surface area (TPSA) is 95.4 Å². The largest absolute Gasteiger partial charge is 0.496 e. The number of methoxy groups -OCH3 is 2. The lowest BCUT2D eigenvalue weighted by Crippen LogP contribution is -2.19. The van der Waals surface area contributed by atoms with Crippen molar-refractivity contribution in [3.63, 3.8) is 0 Å². The zero-order valence-corrected chi connectivity index (χ0v) is 21.5. The van der Waals surface area contributed by atoms with Crippen LogP contribution >= 0.6 is 11.6 Å². The van der Waals surface area contributed by atoms with E-state index in [0.717, 1.165) is 52.1 Å². The van der Waals surface area contributed by atoms with Gasteiger partial charge in [-0.3, -0.25) is 4.68 Å². The Morgan fingerprint density at radius 1 is 1.17 bits per heavy atom. The van der Waals surface area contributed by atoms with Crippen LogP contribution in [0, 0.1) is 6.92 Å². The first-order valence-corrected chi connectivity index (χ1v) is 12.1. The van der Waals surface area contributed by atoms with Gasteiger partial charge < -0.3 is 24.8 Å². The second-order valence-corrected chi connectivity index (χ2v) is 9.20. The van der Waals surface area contributed by atoms with E-state index in [1.54, 1.807) is 25.0 Å². The van der Waals surface area contributed by atoms with E-state index in [1.165, 1.54) is 0 Å². The summed E-state index contributed by atoms with van der Waals surface area (Å²) in [4.78, 5) is 9.69. The second-order valence-electron chi connectivity index (χ2n) is 8.82. The van der Waals surface area contributed by atoms with Crippen LogP contribution in [0.4, 0.5) is 11.6 Å². The number of halogens is 1. The molecular formula is C26H29ClN6O3. The van der Waals surface area contributed by atoms with Crippen molar-refractivity contribution in [3.05, 3.63) is 52.9 Å². The quantitative estimate of drug-likeness (QED) is 0.349. The molecule has 36 heavy (non-hydrogen) atoms. The van der Waals surface area contributed by atoms with Crippen LogP contribution in [0.1, 0.15) is 17.5 Å². The van der Waals surface area contributed by atoms with Crippen molar-refractivity contribution in [2.24, 2.45) is 7.05 Å². The van der Waals surface area contributed by atoms with E-state index in [1.807, 2.05) is 44.7 Å². The van der Waals surface area contributed by atoms with Gasteiger partial charge in [-0.05, 0) is 25.5 Å². The highest BCUT2D eigenvalue weighted by Crippen LogP contribution is 2.43. The molecule has 5 rings (SSSR count). The highest BCUT2D eigenvalue weighted by Gasteiger charge is 2.21. The van der Waals surface area contributed by atoms with Crippen LogP contribution in [-0.2, 0) is 18.3 Å². The Bertz CT molecular complexity index is 1370. The molecule has 2 N–H and O–H groups in total. The summed E-state index contributed by atoms with van der Waals surface area (Å²) >= 11 is 6.79. The molecule has 0 saturated carbocycles. The Balaban J connectivity index is 1.62. The molecule has 1 saturated heterocycles. The van der Waals surface area contributed by atoms with Gasteiger partial charge in [-0.1, -0.05) is 11.6 Å². The maximum absolute atomic E-state index is 6.79. The van der Waals surface area contributed by atoms with Gasteiger partial charge in [-0.2, -0.15) is 5.10 Å². The van der Waals surface area contributed by atoms with Crippen molar-refractivity contribution in [2.45, 2.75) is 25.9 Å². The summed E-state index contributed by atoms with van der Waals surface area (Å²) in [6.07, 6.45) is 6.62. The van der Waals surface area contributed by atoms with Gasteiger partial charge in [-0.25, -0.2) is 9.97 Å². The van der Waals surface area contributed by atoms with Crippen LogP contribution in [-0.4, -0.2) is 53.2 Å². The minimum Gasteiger partial charge on any atom is -0.496 e. The van der Waals surface area contributed by atoms with Crippen LogP contribution in [0.25, 0.3) is 22.0 Å². The van der Waals surface area contributed by atoms with Gasteiger partial charge in [0.2, 0.25) is 0 Å². The van der Waals surface area contributed by atoms with Gasteiger partial charge in [0.1, 0.15) is 23.1 Å². The highest BCUT2D eigenvalue weighted by molar-refractivity contribution is 6.35. The minimum atomic E-state index is 0.250. The van der Waals surface area contributed by atoms with E-state index in [4.69, 9.17) is 30.8 Å². The van der Waals surface area contributed by atoms with Crippen LogP contribution in [0.5, 0.6) is 11.5 Å². The first kappa shape index (κ1) is 24.1. The zero-order chi connectivity index (χ0) is 25.2. The Labute approximate surface area is 214 Å². The Kier molecular flexibility index (Phi) is 6.84. The SMILES string of the molecule is COc1cc(OC)c(Cl)c(-c2cc3cnc(NC4CCOC4)cc3c(NCc3cnn(C)c3)n2)c1C. The predicted molar refractivity (Wildman–Crippen MR) is 141 cm³/mol. The molecule has 3 aromatic heterocycles. The molecule has 0 bridgehead atoms.